The van der Waals surface area contributed by atoms with Crippen molar-refractivity contribution < 1.29 is 9.31 Å². The highest BCUT2D eigenvalue weighted by molar-refractivity contribution is 6.62. The standard InChI is InChI=1S/C16H18BClN2O2/c1-15(2)16(3,4)22-17(21-15)12-7-5-6-11(10-12)13-8-9-14(18)20-19-13/h5-10H,1-4H3. The fourth-order valence-corrected chi connectivity index (χ4v) is 2.39. The Bertz CT molecular complexity index is 673. The van der Waals surface area contributed by atoms with E-state index in [1.54, 1.807) is 6.07 Å². The first-order valence-electron chi connectivity index (χ1n) is 7.24. The Morgan fingerprint density at radius 3 is 2.23 bits per heavy atom. The van der Waals surface area contributed by atoms with Gasteiger partial charge in [-0.25, -0.2) is 0 Å². The molecule has 1 aromatic carbocycles. The summed E-state index contributed by atoms with van der Waals surface area (Å²) in [4.78, 5) is 0. The van der Waals surface area contributed by atoms with Gasteiger partial charge in [-0.2, -0.15) is 0 Å². The van der Waals surface area contributed by atoms with Gasteiger partial charge in [0.25, 0.3) is 0 Å². The molecule has 2 heterocycles. The van der Waals surface area contributed by atoms with E-state index in [0.29, 0.717) is 5.15 Å². The summed E-state index contributed by atoms with van der Waals surface area (Å²) in [7, 11) is -0.384. The van der Waals surface area contributed by atoms with Gasteiger partial charge in [0.05, 0.1) is 16.9 Å². The normalized spacial score (nSPS) is 19.4. The fraction of sp³-hybridized carbons (Fsp3) is 0.375. The third kappa shape index (κ3) is 2.76. The summed E-state index contributed by atoms with van der Waals surface area (Å²) >= 11 is 5.78. The molecule has 1 aliphatic rings. The lowest BCUT2D eigenvalue weighted by Gasteiger charge is -2.32. The molecule has 0 saturated carbocycles. The molecule has 1 saturated heterocycles. The summed E-state index contributed by atoms with van der Waals surface area (Å²) in [6, 6.07) is 11.5. The molecule has 0 amide bonds. The third-order valence-corrected chi connectivity index (χ3v) is 4.54. The maximum absolute atomic E-state index is 6.08. The van der Waals surface area contributed by atoms with Gasteiger partial charge in [-0.15, -0.1) is 10.2 Å². The third-order valence-electron chi connectivity index (χ3n) is 4.34. The molecule has 1 aliphatic heterocycles. The zero-order chi connectivity index (χ0) is 16.0. The molecular formula is C16H18BClN2O2. The van der Waals surface area contributed by atoms with Crippen LogP contribution in [-0.4, -0.2) is 28.5 Å². The molecule has 0 atom stereocenters. The van der Waals surface area contributed by atoms with Gasteiger partial charge in [-0.05, 0) is 45.3 Å². The van der Waals surface area contributed by atoms with E-state index in [0.717, 1.165) is 16.7 Å². The smallest absolute Gasteiger partial charge is 0.399 e. The highest BCUT2D eigenvalue weighted by Gasteiger charge is 2.51. The molecule has 1 aromatic heterocycles. The largest absolute Gasteiger partial charge is 0.494 e. The predicted octanol–water partition coefficient (Wildman–Crippen LogP) is 3.10. The van der Waals surface area contributed by atoms with Gasteiger partial charge >= 0.3 is 7.12 Å². The number of hydrogen-bond acceptors (Lipinski definition) is 4. The number of benzene rings is 1. The number of rotatable bonds is 2. The van der Waals surface area contributed by atoms with Crippen LogP contribution in [0.25, 0.3) is 11.3 Å². The van der Waals surface area contributed by atoms with Crippen LogP contribution in [0.2, 0.25) is 5.15 Å². The maximum Gasteiger partial charge on any atom is 0.494 e. The fourth-order valence-electron chi connectivity index (χ4n) is 2.29. The molecule has 2 aromatic rings. The van der Waals surface area contributed by atoms with Gasteiger partial charge in [-0.3, -0.25) is 0 Å². The number of halogens is 1. The van der Waals surface area contributed by atoms with Crippen LogP contribution in [0.3, 0.4) is 0 Å². The van der Waals surface area contributed by atoms with Gasteiger partial charge < -0.3 is 9.31 Å². The van der Waals surface area contributed by atoms with Crippen molar-refractivity contribution in [3.8, 4) is 11.3 Å². The van der Waals surface area contributed by atoms with Crippen LogP contribution >= 0.6 is 11.6 Å². The quantitative estimate of drug-likeness (QED) is 0.799. The zero-order valence-electron chi connectivity index (χ0n) is 13.1. The highest BCUT2D eigenvalue weighted by atomic mass is 35.5. The lowest BCUT2D eigenvalue weighted by Crippen LogP contribution is -2.41. The molecule has 0 bridgehead atoms. The van der Waals surface area contributed by atoms with E-state index in [1.165, 1.54) is 0 Å². The van der Waals surface area contributed by atoms with Gasteiger partial charge in [0.15, 0.2) is 5.15 Å². The van der Waals surface area contributed by atoms with Crippen molar-refractivity contribution in [1.82, 2.24) is 10.2 Å². The van der Waals surface area contributed by atoms with Crippen molar-refractivity contribution in [2.24, 2.45) is 0 Å². The highest BCUT2D eigenvalue weighted by Crippen LogP contribution is 2.36. The van der Waals surface area contributed by atoms with E-state index in [9.17, 15) is 0 Å². The Hall–Kier alpha value is -1.43. The molecule has 0 aliphatic carbocycles. The van der Waals surface area contributed by atoms with Crippen LogP contribution in [0, 0.1) is 0 Å². The lowest BCUT2D eigenvalue weighted by molar-refractivity contribution is 0.00578. The minimum atomic E-state index is -0.384. The van der Waals surface area contributed by atoms with E-state index in [4.69, 9.17) is 20.9 Å². The molecule has 114 valence electrons. The summed E-state index contributed by atoms with van der Waals surface area (Å²) in [5, 5.41) is 8.37. The molecule has 6 heteroatoms. The Morgan fingerprint density at radius 2 is 1.64 bits per heavy atom. The number of nitrogens with zero attached hydrogens (tertiary/aromatic N) is 2. The van der Waals surface area contributed by atoms with E-state index >= 15 is 0 Å². The van der Waals surface area contributed by atoms with Crippen LogP contribution in [0.1, 0.15) is 27.7 Å². The van der Waals surface area contributed by atoms with Crippen LogP contribution in [0.5, 0.6) is 0 Å². The van der Waals surface area contributed by atoms with Crippen LogP contribution in [0.15, 0.2) is 36.4 Å². The molecule has 0 spiro atoms. The molecule has 1 fully saturated rings. The van der Waals surface area contributed by atoms with Crippen LogP contribution in [0.4, 0.5) is 0 Å². The van der Waals surface area contributed by atoms with E-state index in [1.807, 2.05) is 58.0 Å². The summed E-state index contributed by atoms with van der Waals surface area (Å²) in [5.74, 6) is 0. The Balaban J connectivity index is 1.91. The van der Waals surface area contributed by atoms with Crippen LogP contribution in [-0.2, 0) is 9.31 Å². The summed E-state index contributed by atoms with van der Waals surface area (Å²) in [6.07, 6.45) is 0. The first kappa shape index (κ1) is 15.5. The van der Waals surface area contributed by atoms with Crippen molar-refractivity contribution in [2.45, 2.75) is 38.9 Å². The zero-order valence-corrected chi connectivity index (χ0v) is 13.9. The number of aromatic nitrogens is 2. The molecule has 4 nitrogen and oxygen atoms in total. The second-order valence-corrected chi connectivity index (χ2v) is 6.84. The monoisotopic (exact) mass is 316 g/mol. The summed E-state index contributed by atoms with van der Waals surface area (Å²) in [5.41, 5.74) is 1.98. The molecule has 0 N–H and O–H groups in total. The number of hydrogen-bond donors (Lipinski definition) is 0. The Morgan fingerprint density at radius 1 is 0.955 bits per heavy atom. The van der Waals surface area contributed by atoms with E-state index < -0.39 is 0 Å². The molecule has 3 rings (SSSR count). The van der Waals surface area contributed by atoms with Gasteiger partial charge in [0, 0.05) is 5.56 Å². The van der Waals surface area contributed by atoms with Gasteiger partial charge in [-0.1, -0.05) is 35.9 Å². The van der Waals surface area contributed by atoms with E-state index in [-0.39, 0.29) is 18.3 Å². The average molecular weight is 317 g/mol. The second kappa shape index (κ2) is 5.34. The van der Waals surface area contributed by atoms with Crippen molar-refractivity contribution in [2.75, 3.05) is 0 Å². The SMILES string of the molecule is CC1(C)OB(c2cccc(-c3ccc(Cl)nn3)c2)OC1(C)C. The molecule has 0 unspecified atom stereocenters. The minimum absolute atomic E-state index is 0.353. The van der Waals surface area contributed by atoms with Gasteiger partial charge in [0.2, 0.25) is 0 Å². The molecular weight excluding hydrogens is 298 g/mol. The van der Waals surface area contributed by atoms with Gasteiger partial charge in [0.1, 0.15) is 0 Å². The summed E-state index contributed by atoms with van der Waals surface area (Å²) in [6.45, 7) is 8.17. The molecule has 0 radical (unpaired) electrons. The second-order valence-electron chi connectivity index (χ2n) is 6.46. The van der Waals surface area contributed by atoms with Crippen molar-refractivity contribution in [3.05, 3.63) is 41.6 Å². The van der Waals surface area contributed by atoms with Crippen molar-refractivity contribution >= 4 is 24.2 Å². The van der Waals surface area contributed by atoms with Crippen LogP contribution < -0.4 is 5.46 Å². The maximum atomic E-state index is 6.08. The Labute approximate surface area is 136 Å². The Kier molecular flexibility index (Phi) is 3.75. The average Bonchev–Trinajstić information content (AvgIpc) is 2.68. The molecule has 22 heavy (non-hydrogen) atoms. The first-order valence-corrected chi connectivity index (χ1v) is 7.61. The van der Waals surface area contributed by atoms with Crippen molar-refractivity contribution in [3.63, 3.8) is 0 Å². The predicted molar refractivity (Wildman–Crippen MR) is 88.2 cm³/mol. The van der Waals surface area contributed by atoms with Crippen molar-refractivity contribution in [1.29, 1.82) is 0 Å². The topological polar surface area (TPSA) is 44.2 Å². The van der Waals surface area contributed by atoms with E-state index in [2.05, 4.69) is 10.2 Å². The lowest BCUT2D eigenvalue weighted by atomic mass is 9.78. The first-order chi connectivity index (χ1) is 10.3. The summed E-state index contributed by atoms with van der Waals surface area (Å²) < 4.78 is 12.2. The minimum Gasteiger partial charge on any atom is -0.399 e.